The van der Waals surface area contributed by atoms with E-state index in [0.717, 1.165) is 6.42 Å². The Kier molecular flexibility index (Phi) is 1.50. The number of allylic oxidation sites excluding steroid dienone is 2. The molecule has 1 radical (unpaired) electrons. The SMILES string of the molecule is [CH2]CC=C1CCC1. The summed E-state index contributed by atoms with van der Waals surface area (Å²) in [6, 6.07) is 0. The minimum Gasteiger partial charge on any atom is -0.0853 e. The zero-order chi connectivity index (χ0) is 5.11. The highest BCUT2D eigenvalue weighted by Crippen LogP contribution is 2.24. The number of rotatable bonds is 1. The minimum absolute atomic E-state index is 0.981. The van der Waals surface area contributed by atoms with Gasteiger partial charge in [0, 0.05) is 0 Å². The van der Waals surface area contributed by atoms with Crippen LogP contribution in [0.5, 0.6) is 0 Å². The Morgan fingerprint density at radius 3 is 2.43 bits per heavy atom. The van der Waals surface area contributed by atoms with Crippen LogP contribution in [0.3, 0.4) is 0 Å². The van der Waals surface area contributed by atoms with Gasteiger partial charge in [0.1, 0.15) is 0 Å². The maximum atomic E-state index is 3.73. The second-order valence-corrected chi connectivity index (χ2v) is 2.00. The molecule has 0 aromatic carbocycles. The molecule has 1 rings (SSSR count). The van der Waals surface area contributed by atoms with E-state index in [1.54, 1.807) is 5.57 Å². The van der Waals surface area contributed by atoms with Crippen molar-refractivity contribution in [3.05, 3.63) is 18.6 Å². The Labute approximate surface area is 45.2 Å². The molecule has 0 spiro atoms. The molecule has 1 aliphatic rings. The van der Waals surface area contributed by atoms with Crippen LogP contribution in [-0.4, -0.2) is 0 Å². The summed E-state index contributed by atoms with van der Waals surface area (Å²) in [5, 5.41) is 0. The molecular weight excluding hydrogens is 84.1 g/mol. The molecule has 7 heavy (non-hydrogen) atoms. The topological polar surface area (TPSA) is 0 Å². The molecule has 0 nitrogen and oxygen atoms in total. The Balaban J connectivity index is 2.23. The fourth-order valence-electron chi connectivity index (χ4n) is 0.789. The van der Waals surface area contributed by atoms with E-state index in [9.17, 15) is 0 Å². The van der Waals surface area contributed by atoms with E-state index in [1.165, 1.54) is 19.3 Å². The van der Waals surface area contributed by atoms with E-state index in [2.05, 4.69) is 13.0 Å². The Morgan fingerprint density at radius 1 is 1.57 bits per heavy atom. The first kappa shape index (κ1) is 4.89. The largest absolute Gasteiger partial charge is 0.0853 e. The van der Waals surface area contributed by atoms with Gasteiger partial charge in [-0.1, -0.05) is 11.6 Å². The second kappa shape index (κ2) is 2.15. The standard InChI is InChI=1S/C7H11/c1-2-4-7-5-3-6-7/h4H,1-3,5-6H2. The molecular formula is C7H11. The summed E-state index contributed by atoms with van der Waals surface area (Å²) in [5.41, 5.74) is 1.62. The van der Waals surface area contributed by atoms with Crippen LogP contribution in [-0.2, 0) is 0 Å². The molecule has 0 aromatic heterocycles. The van der Waals surface area contributed by atoms with Crippen molar-refractivity contribution < 1.29 is 0 Å². The van der Waals surface area contributed by atoms with Crippen molar-refractivity contribution in [1.29, 1.82) is 0 Å². The highest BCUT2D eigenvalue weighted by Gasteiger charge is 2.05. The van der Waals surface area contributed by atoms with Crippen molar-refractivity contribution in [3.8, 4) is 0 Å². The fraction of sp³-hybridized carbons (Fsp3) is 0.571. The van der Waals surface area contributed by atoms with Gasteiger partial charge in [-0.25, -0.2) is 0 Å². The van der Waals surface area contributed by atoms with E-state index >= 15 is 0 Å². The van der Waals surface area contributed by atoms with E-state index in [-0.39, 0.29) is 0 Å². The third-order valence-corrected chi connectivity index (χ3v) is 1.43. The van der Waals surface area contributed by atoms with E-state index in [1.807, 2.05) is 0 Å². The predicted molar refractivity (Wildman–Crippen MR) is 31.9 cm³/mol. The fourth-order valence-corrected chi connectivity index (χ4v) is 0.789. The van der Waals surface area contributed by atoms with Crippen molar-refractivity contribution in [2.24, 2.45) is 0 Å². The van der Waals surface area contributed by atoms with Gasteiger partial charge in [-0.3, -0.25) is 0 Å². The molecule has 39 valence electrons. The Bertz CT molecular complexity index is 74.0. The lowest BCUT2D eigenvalue weighted by atomic mass is 9.92. The monoisotopic (exact) mass is 95.1 g/mol. The first-order valence-electron chi connectivity index (χ1n) is 2.90. The van der Waals surface area contributed by atoms with Crippen molar-refractivity contribution in [3.63, 3.8) is 0 Å². The van der Waals surface area contributed by atoms with Crippen molar-refractivity contribution >= 4 is 0 Å². The van der Waals surface area contributed by atoms with Gasteiger partial charge in [-0.2, -0.15) is 0 Å². The third-order valence-electron chi connectivity index (χ3n) is 1.43. The third kappa shape index (κ3) is 1.05. The van der Waals surface area contributed by atoms with Crippen LogP contribution >= 0.6 is 0 Å². The molecule has 0 heteroatoms. The number of hydrogen-bond donors (Lipinski definition) is 0. The smallest absolute Gasteiger partial charge is 0.0317 e. The Hall–Kier alpha value is -0.260. The summed E-state index contributed by atoms with van der Waals surface area (Å²) < 4.78 is 0. The lowest BCUT2D eigenvalue weighted by Crippen LogP contribution is -1.95. The van der Waals surface area contributed by atoms with Crippen LogP contribution in [0.1, 0.15) is 25.7 Å². The van der Waals surface area contributed by atoms with Gasteiger partial charge >= 0.3 is 0 Å². The zero-order valence-electron chi connectivity index (χ0n) is 4.61. The first-order chi connectivity index (χ1) is 3.43. The molecule has 0 unspecified atom stereocenters. The lowest BCUT2D eigenvalue weighted by Gasteiger charge is -2.14. The molecule has 0 N–H and O–H groups in total. The second-order valence-electron chi connectivity index (χ2n) is 2.00. The van der Waals surface area contributed by atoms with Gasteiger partial charge in [0.25, 0.3) is 0 Å². The summed E-state index contributed by atoms with van der Waals surface area (Å²) >= 11 is 0. The lowest BCUT2D eigenvalue weighted by molar-refractivity contribution is 0.659. The van der Waals surface area contributed by atoms with Gasteiger partial charge in [0.15, 0.2) is 0 Å². The summed E-state index contributed by atoms with van der Waals surface area (Å²) in [4.78, 5) is 0. The molecule has 0 atom stereocenters. The maximum Gasteiger partial charge on any atom is -0.0317 e. The molecule has 1 fully saturated rings. The zero-order valence-corrected chi connectivity index (χ0v) is 4.61. The molecule has 0 saturated heterocycles. The molecule has 0 aromatic rings. The van der Waals surface area contributed by atoms with E-state index in [4.69, 9.17) is 0 Å². The molecule has 0 aliphatic heterocycles. The average Bonchev–Trinajstić information content (AvgIpc) is 1.55. The highest BCUT2D eigenvalue weighted by atomic mass is 14.1. The van der Waals surface area contributed by atoms with Crippen molar-refractivity contribution in [2.45, 2.75) is 25.7 Å². The van der Waals surface area contributed by atoms with Gasteiger partial charge < -0.3 is 0 Å². The van der Waals surface area contributed by atoms with E-state index < -0.39 is 0 Å². The average molecular weight is 95.2 g/mol. The molecule has 1 aliphatic carbocycles. The highest BCUT2D eigenvalue weighted by molar-refractivity contribution is 5.09. The summed E-state index contributed by atoms with van der Waals surface area (Å²) in [6.07, 6.45) is 7.32. The summed E-state index contributed by atoms with van der Waals surface area (Å²) in [6.45, 7) is 3.73. The van der Waals surface area contributed by atoms with Crippen LogP contribution in [0, 0.1) is 6.92 Å². The van der Waals surface area contributed by atoms with Gasteiger partial charge in [0.2, 0.25) is 0 Å². The number of hydrogen-bond acceptors (Lipinski definition) is 0. The van der Waals surface area contributed by atoms with Gasteiger partial charge in [0.05, 0.1) is 0 Å². The van der Waals surface area contributed by atoms with Crippen LogP contribution < -0.4 is 0 Å². The minimum atomic E-state index is 0.981. The quantitative estimate of drug-likeness (QED) is 0.438. The molecule has 0 amide bonds. The Morgan fingerprint density at radius 2 is 2.29 bits per heavy atom. The van der Waals surface area contributed by atoms with Crippen molar-refractivity contribution in [1.82, 2.24) is 0 Å². The van der Waals surface area contributed by atoms with Crippen molar-refractivity contribution in [2.75, 3.05) is 0 Å². The molecule has 0 heterocycles. The van der Waals surface area contributed by atoms with Crippen LogP contribution in [0.25, 0.3) is 0 Å². The van der Waals surface area contributed by atoms with Crippen LogP contribution in [0.4, 0.5) is 0 Å². The summed E-state index contributed by atoms with van der Waals surface area (Å²) in [5.74, 6) is 0. The van der Waals surface area contributed by atoms with Gasteiger partial charge in [-0.15, -0.1) is 0 Å². The molecule has 1 saturated carbocycles. The summed E-state index contributed by atoms with van der Waals surface area (Å²) in [7, 11) is 0. The molecule has 0 bridgehead atoms. The van der Waals surface area contributed by atoms with Gasteiger partial charge in [-0.05, 0) is 32.6 Å². The van der Waals surface area contributed by atoms with Crippen LogP contribution in [0.2, 0.25) is 0 Å². The van der Waals surface area contributed by atoms with E-state index in [0.29, 0.717) is 0 Å². The first-order valence-corrected chi connectivity index (χ1v) is 2.90. The normalized spacial score (nSPS) is 18.7. The predicted octanol–water partition coefficient (Wildman–Crippen LogP) is 2.32. The van der Waals surface area contributed by atoms with Crippen LogP contribution in [0.15, 0.2) is 11.6 Å². The maximum absolute atomic E-state index is 3.73.